The quantitative estimate of drug-likeness (QED) is 0.263. The van der Waals surface area contributed by atoms with Crippen molar-refractivity contribution >= 4 is 55.7 Å². The fourth-order valence-electron chi connectivity index (χ4n) is 3.98. The Morgan fingerprint density at radius 1 is 1.02 bits per heavy atom. The molecule has 1 saturated heterocycles. The first-order chi connectivity index (χ1) is 19.4. The predicted molar refractivity (Wildman–Crippen MR) is 140 cm³/mol. The van der Waals surface area contributed by atoms with Gasteiger partial charge in [-0.05, 0) is 53.2 Å². The van der Waals surface area contributed by atoms with E-state index in [0.717, 1.165) is 10.4 Å². The average Bonchev–Trinajstić information content (AvgIpc) is 3.37. The number of aromatic nitrogens is 2. The Kier molecular flexibility index (Phi) is 8.32. The minimum atomic E-state index is -5.04. The molecule has 0 N–H and O–H groups in total. The second-order valence-corrected chi connectivity index (χ2v) is 12.5. The normalized spacial score (nSPS) is 15.9. The number of hydrogen-bond donors (Lipinski definition) is 0. The molecule has 2 heterocycles. The lowest BCUT2D eigenvalue weighted by molar-refractivity contribution is -0.143. The Morgan fingerprint density at radius 3 is 2.33 bits per heavy atom. The van der Waals surface area contributed by atoms with Gasteiger partial charge in [-0.1, -0.05) is 12.1 Å². The van der Waals surface area contributed by atoms with Crippen LogP contribution < -0.4 is 0 Å². The number of nitrogens with zero attached hydrogens (tertiary/aromatic N) is 4. The molecule has 42 heavy (non-hydrogen) atoms. The largest absolute Gasteiger partial charge is 0.416 e. The van der Waals surface area contributed by atoms with Crippen LogP contribution in [0.2, 0.25) is 0 Å². The Morgan fingerprint density at radius 2 is 1.71 bits per heavy atom. The lowest BCUT2D eigenvalue weighted by Gasteiger charge is -2.16. The maximum absolute atomic E-state index is 13.6. The number of rotatable bonds is 8. The zero-order chi connectivity index (χ0) is 31.2. The molecule has 1 fully saturated rings. The highest BCUT2D eigenvalue weighted by molar-refractivity contribution is 8.18. The van der Waals surface area contributed by atoms with Crippen LogP contribution in [0.5, 0.6) is 0 Å². The summed E-state index contributed by atoms with van der Waals surface area (Å²) in [5.41, 5.74) is -2.54. The molecule has 224 valence electrons. The number of halogens is 6. The van der Waals surface area contributed by atoms with Gasteiger partial charge in [0.25, 0.3) is 11.1 Å². The number of hydrogen-bond acceptors (Lipinski definition) is 7. The molecular formula is C25H20F6N4O5S2. The second-order valence-electron chi connectivity index (χ2n) is 9.33. The van der Waals surface area contributed by atoms with Gasteiger partial charge in [0, 0.05) is 19.5 Å². The molecule has 17 heteroatoms. The molecule has 0 aliphatic carbocycles. The van der Waals surface area contributed by atoms with Crippen molar-refractivity contribution in [2.45, 2.75) is 18.9 Å². The first-order valence-electron chi connectivity index (χ1n) is 11.8. The van der Waals surface area contributed by atoms with Gasteiger partial charge in [0.05, 0.1) is 40.8 Å². The van der Waals surface area contributed by atoms with Crippen LogP contribution in [0, 0.1) is 0 Å². The van der Waals surface area contributed by atoms with Gasteiger partial charge in [0.2, 0.25) is 10.0 Å². The van der Waals surface area contributed by atoms with Gasteiger partial charge in [0.1, 0.15) is 5.75 Å². The van der Waals surface area contributed by atoms with E-state index in [4.69, 9.17) is 0 Å². The smallest absolute Gasteiger partial charge is 0.296 e. The summed E-state index contributed by atoms with van der Waals surface area (Å²) in [6, 6.07) is 5.87. The molecule has 4 rings (SSSR count). The summed E-state index contributed by atoms with van der Waals surface area (Å²) in [4.78, 5) is 37.9. The van der Waals surface area contributed by atoms with E-state index >= 15 is 0 Å². The molecule has 2 aromatic carbocycles. The van der Waals surface area contributed by atoms with Gasteiger partial charge in [-0.2, -0.15) is 31.4 Å². The van der Waals surface area contributed by atoms with E-state index in [1.54, 1.807) is 0 Å². The fourth-order valence-corrected chi connectivity index (χ4v) is 5.57. The maximum Gasteiger partial charge on any atom is 0.416 e. The van der Waals surface area contributed by atoms with Gasteiger partial charge in [-0.15, -0.1) is 0 Å². The van der Waals surface area contributed by atoms with Crippen molar-refractivity contribution < 1.29 is 49.1 Å². The van der Waals surface area contributed by atoms with E-state index in [0.29, 0.717) is 39.2 Å². The maximum atomic E-state index is 13.6. The van der Waals surface area contributed by atoms with Crippen LogP contribution >= 0.6 is 11.8 Å². The summed E-state index contributed by atoms with van der Waals surface area (Å²) in [5.74, 6) is -2.56. The Balaban J connectivity index is 1.55. The van der Waals surface area contributed by atoms with Crippen LogP contribution in [-0.4, -0.2) is 70.7 Å². The number of carbonyl (C=O) groups is 3. The number of carbonyl (C=O) groups excluding carboxylic acids is 3. The molecule has 9 nitrogen and oxygen atoms in total. The number of alkyl halides is 6. The van der Waals surface area contributed by atoms with Gasteiger partial charge >= 0.3 is 12.4 Å². The SMILES string of the molecule is CN(C)S(=O)(=O)CC(=O)CN1C(=O)S/C(=C\c2ccc3c(cnn3Cc3ccc(C(F)(F)F)cc3C(F)(F)F)c2)C1=O. The standard InChI is InChI=1S/C25H20F6N4O5S2/c1-33(2)42(39,40)13-18(36)12-34-22(37)21(41-23(34)38)8-14-3-6-20-16(7-14)10-32-35(20)11-15-4-5-17(24(26,27)28)9-19(15)25(29,30)31/h3-10H,11-13H2,1-2H3/b21-8-. The van der Waals surface area contributed by atoms with Crippen LogP contribution in [0.3, 0.4) is 0 Å². The van der Waals surface area contributed by atoms with E-state index in [9.17, 15) is 49.1 Å². The molecule has 0 bridgehead atoms. The topological polar surface area (TPSA) is 110 Å². The summed E-state index contributed by atoms with van der Waals surface area (Å²) in [6.45, 7) is -1.21. The summed E-state index contributed by atoms with van der Waals surface area (Å²) in [7, 11) is -1.42. The Labute approximate surface area is 238 Å². The molecule has 3 aromatic rings. The zero-order valence-corrected chi connectivity index (χ0v) is 23.3. The number of imide groups is 1. The van der Waals surface area contributed by atoms with Crippen molar-refractivity contribution in [3.63, 3.8) is 0 Å². The summed E-state index contributed by atoms with van der Waals surface area (Å²) in [5, 5.41) is 3.71. The number of amides is 2. The van der Waals surface area contributed by atoms with Gasteiger partial charge < -0.3 is 0 Å². The second kappa shape index (κ2) is 11.2. The third-order valence-electron chi connectivity index (χ3n) is 6.13. The number of benzene rings is 2. The molecule has 1 aliphatic heterocycles. The molecular weight excluding hydrogens is 614 g/mol. The summed E-state index contributed by atoms with van der Waals surface area (Å²) in [6.07, 6.45) is -7.33. The summed E-state index contributed by atoms with van der Waals surface area (Å²) >= 11 is 0.541. The van der Waals surface area contributed by atoms with E-state index in [1.807, 2.05) is 0 Å². The minimum Gasteiger partial charge on any atom is -0.296 e. The Hall–Kier alpha value is -3.70. The van der Waals surface area contributed by atoms with Crippen molar-refractivity contribution in [1.29, 1.82) is 0 Å². The van der Waals surface area contributed by atoms with Gasteiger partial charge in [-0.3, -0.25) is 24.0 Å². The van der Waals surface area contributed by atoms with Crippen molar-refractivity contribution in [2.75, 3.05) is 26.4 Å². The molecule has 0 spiro atoms. The first-order valence-corrected chi connectivity index (χ1v) is 14.2. The predicted octanol–water partition coefficient (Wildman–Crippen LogP) is 4.62. The van der Waals surface area contributed by atoms with Gasteiger partial charge in [0.15, 0.2) is 5.78 Å². The summed E-state index contributed by atoms with van der Waals surface area (Å²) < 4.78 is 105. The van der Waals surface area contributed by atoms with Crippen molar-refractivity contribution in [1.82, 2.24) is 19.0 Å². The number of sulfonamides is 1. The van der Waals surface area contributed by atoms with Crippen LogP contribution in [0.1, 0.15) is 22.3 Å². The van der Waals surface area contributed by atoms with E-state index in [1.165, 1.54) is 49.2 Å². The van der Waals surface area contributed by atoms with E-state index < -0.39 is 74.8 Å². The Bertz CT molecular complexity index is 1730. The number of fused-ring (bicyclic) bond motifs is 1. The van der Waals surface area contributed by atoms with Crippen LogP contribution in [-0.2, 0) is 38.5 Å². The van der Waals surface area contributed by atoms with Crippen LogP contribution in [0.25, 0.3) is 17.0 Å². The van der Waals surface area contributed by atoms with Crippen molar-refractivity contribution in [2.24, 2.45) is 0 Å². The van der Waals surface area contributed by atoms with Crippen LogP contribution in [0.4, 0.5) is 31.1 Å². The molecule has 0 radical (unpaired) electrons. The number of ketones is 1. The minimum absolute atomic E-state index is 0.0467. The highest BCUT2D eigenvalue weighted by atomic mass is 32.2. The van der Waals surface area contributed by atoms with Crippen molar-refractivity contribution in [3.05, 3.63) is 69.8 Å². The zero-order valence-electron chi connectivity index (χ0n) is 21.7. The molecule has 1 aliphatic rings. The highest BCUT2D eigenvalue weighted by Gasteiger charge is 2.39. The molecule has 0 saturated carbocycles. The number of thioether (sulfide) groups is 1. The fraction of sp³-hybridized carbons (Fsp3) is 0.280. The molecule has 0 atom stereocenters. The lowest BCUT2D eigenvalue weighted by atomic mass is 10.0. The lowest BCUT2D eigenvalue weighted by Crippen LogP contribution is -2.38. The molecule has 0 unspecified atom stereocenters. The third kappa shape index (κ3) is 6.68. The number of Topliss-reactive ketones (excluding diaryl/α,β-unsaturated/α-hetero) is 1. The van der Waals surface area contributed by atoms with Gasteiger partial charge in [-0.25, -0.2) is 12.7 Å². The monoisotopic (exact) mass is 634 g/mol. The highest BCUT2D eigenvalue weighted by Crippen LogP contribution is 2.38. The molecule has 1 aromatic heterocycles. The molecule has 2 amide bonds. The average molecular weight is 635 g/mol. The van der Waals surface area contributed by atoms with E-state index in [-0.39, 0.29) is 11.0 Å². The van der Waals surface area contributed by atoms with Crippen LogP contribution in [0.15, 0.2) is 47.5 Å². The third-order valence-corrected chi connectivity index (χ3v) is 8.84. The first kappa shape index (κ1) is 31.2. The van der Waals surface area contributed by atoms with E-state index in [2.05, 4.69) is 5.10 Å². The van der Waals surface area contributed by atoms with Crippen molar-refractivity contribution in [3.8, 4) is 0 Å².